The Morgan fingerprint density at radius 3 is 2.48 bits per heavy atom. The van der Waals surface area contributed by atoms with Gasteiger partial charge in [0.1, 0.15) is 17.3 Å². The number of carbonyl (C=O) groups is 1. The summed E-state index contributed by atoms with van der Waals surface area (Å²) in [7, 11) is 1.62. The Labute approximate surface area is 205 Å². The number of ether oxygens (including phenoxy) is 2. The van der Waals surface area contributed by atoms with Crippen molar-refractivity contribution in [3.8, 4) is 11.5 Å². The Bertz CT molecular complexity index is 1090. The van der Waals surface area contributed by atoms with E-state index in [1.807, 2.05) is 35.8 Å². The first-order valence-electron chi connectivity index (χ1n) is 10.4. The molecule has 0 aliphatic rings. The molecule has 1 heterocycles. The second-order valence-corrected chi connectivity index (χ2v) is 9.54. The van der Waals surface area contributed by atoms with E-state index in [1.54, 1.807) is 7.11 Å². The first-order chi connectivity index (χ1) is 15.8. The lowest BCUT2D eigenvalue weighted by atomic mass is 10.2. The molecule has 1 N–H and O–H groups in total. The van der Waals surface area contributed by atoms with Crippen LogP contribution in [0.25, 0.3) is 0 Å². The summed E-state index contributed by atoms with van der Waals surface area (Å²) in [5.74, 6) is 2.00. The number of halogens is 2. The molecule has 7 nitrogen and oxygen atoms in total. The van der Waals surface area contributed by atoms with E-state index >= 15 is 0 Å². The number of nitrogens with one attached hydrogen (secondary N) is 1. The van der Waals surface area contributed by atoms with Crippen LogP contribution < -0.4 is 14.8 Å². The average molecular weight is 537 g/mol. The summed E-state index contributed by atoms with van der Waals surface area (Å²) in [6.45, 7) is 6.81. The van der Waals surface area contributed by atoms with Crippen molar-refractivity contribution in [1.29, 1.82) is 0 Å². The molecule has 0 spiro atoms. The number of nitrogens with zero attached hydrogens (tertiary/aromatic N) is 3. The number of benzene rings is 2. The van der Waals surface area contributed by atoms with Crippen LogP contribution in [-0.4, -0.2) is 33.5 Å². The minimum atomic E-state index is -0.380. The zero-order chi connectivity index (χ0) is 24.0. The molecule has 0 aliphatic heterocycles. The first-order valence-corrected chi connectivity index (χ1v) is 12.2. The maximum Gasteiger partial charge on any atom is 0.234 e. The largest absolute Gasteiger partial charge is 0.497 e. The number of hydrogen-bond donors (Lipinski definition) is 1. The fourth-order valence-corrected chi connectivity index (χ4v) is 4.27. The van der Waals surface area contributed by atoms with Gasteiger partial charge in [-0.3, -0.25) is 4.79 Å². The standard InChI is InChI=1S/C23H26BrFN4O3S/c1-14(2)12-29-22(15(3)32-18-8-6-17(31-4)7-9-18)27-28-23(29)33-13-21(30)26-20-10-5-16(25)11-19(20)24/h5-11,14-15H,12-13H2,1-4H3,(H,26,30). The van der Waals surface area contributed by atoms with E-state index in [0.717, 1.165) is 5.75 Å². The van der Waals surface area contributed by atoms with Crippen molar-refractivity contribution in [3.63, 3.8) is 0 Å². The molecule has 0 aliphatic carbocycles. The van der Waals surface area contributed by atoms with E-state index in [4.69, 9.17) is 9.47 Å². The van der Waals surface area contributed by atoms with Gasteiger partial charge in [-0.15, -0.1) is 10.2 Å². The van der Waals surface area contributed by atoms with Crippen molar-refractivity contribution >= 4 is 39.3 Å². The number of methoxy groups -OCH3 is 1. The summed E-state index contributed by atoms with van der Waals surface area (Å²) in [5, 5.41) is 12.1. The van der Waals surface area contributed by atoms with Gasteiger partial charge >= 0.3 is 0 Å². The third kappa shape index (κ3) is 6.94. The van der Waals surface area contributed by atoms with Gasteiger partial charge in [-0.2, -0.15) is 0 Å². The summed E-state index contributed by atoms with van der Waals surface area (Å²) in [5.41, 5.74) is 0.507. The van der Waals surface area contributed by atoms with Crippen LogP contribution in [0.2, 0.25) is 0 Å². The quantitative estimate of drug-likeness (QED) is 0.334. The van der Waals surface area contributed by atoms with Crippen LogP contribution in [0.1, 0.15) is 32.7 Å². The molecule has 2 aromatic carbocycles. The van der Waals surface area contributed by atoms with Crippen LogP contribution in [0.15, 0.2) is 52.1 Å². The minimum absolute atomic E-state index is 0.133. The third-order valence-electron chi connectivity index (χ3n) is 4.57. The van der Waals surface area contributed by atoms with Gasteiger partial charge < -0.3 is 19.4 Å². The number of anilines is 1. The number of rotatable bonds is 10. The molecule has 10 heteroatoms. The number of thioether (sulfide) groups is 1. The normalized spacial score (nSPS) is 12.0. The summed E-state index contributed by atoms with van der Waals surface area (Å²) < 4.78 is 27.0. The molecule has 3 aromatic rings. The fraction of sp³-hybridized carbons (Fsp3) is 0.348. The molecular formula is C23H26BrFN4O3S. The topological polar surface area (TPSA) is 78.3 Å². The van der Waals surface area contributed by atoms with Crippen LogP contribution in [-0.2, 0) is 11.3 Å². The van der Waals surface area contributed by atoms with Gasteiger partial charge in [0.2, 0.25) is 5.91 Å². The second-order valence-electron chi connectivity index (χ2n) is 7.74. The Morgan fingerprint density at radius 1 is 1.15 bits per heavy atom. The van der Waals surface area contributed by atoms with E-state index in [-0.39, 0.29) is 23.6 Å². The Kier molecular flexibility index (Phi) is 8.74. The van der Waals surface area contributed by atoms with E-state index in [0.29, 0.717) is 39.4 Å². The molecular weight excluding hydrogens is 511 g/mol. The second kappa shape index (κ2) is 11.5. The molecule has 0 fully saturated rings. The molecule has 1 unspecified atom stereocenters. The van der Waals surface area contributed by atoms with E-state index in [9.17, 15) is 9.18 Å². The van der Waals surface area contributed by atoms with Crippen molar-refractivity contribution in [2.75, 3.05) is 18.2 Å². The van der Waals surface area contributed by atoms with Crippen LogP contribution >= 0.6 is 27.7 Å². The van der Waals surface area contributed by atoms with E-state index in [2.05, 4.69) is 45.3 Å². The Balaban J connectivity index is 1.69. The average Bonchev–Trinajstić information content (AvgIpc) is 3.16. The molecule has 1 atom stereocenters. The SMILES string of the molecule is COc1ccc(OC(C)c2nnc(SCC(=O)Nc3ccc(F)cc3Br)n2CC(C)C)cc1. The van der Waals surface area contributed by atoms with Crippen LogP contribution in [0, 0.1) is 11.7 Å². The third-order valence-corrected chi connectivity index (χ3v) is 6.19. The summed E-state index contributed by atoms with van der Waals surface area (Å²) in [6.07, 6.45) is -0.344. The highest BCUT2D eigenvalue weighted by Crippen LogP contribution is 2.27. The van der Waals surface area contributed by atoms with Crippen molar-refractivity contribution in [2.24, 2.45) is 5.92 Å². The van der Waals surface area contributed by atoms with Gasteiger partial charge in [0.05, 0.1) is 18.6 Å². The fourth-order valence-electron chi connectivity index (χ4n) is 3.06. The van der Waals surface area contributed by atoms with Crippen molar-refractivity contribution < 1.29 is 18.7 Å². The highest BCUT2D eigenvalue weighted by atomic mass is 79.9. The molecule has 0 bridgehead atoms. The molecule has 0 saturated carbocycles. The highest BCUT2D eigenvalue weighted by molar-refractivity contribution is 9.10. The highest BCUT2D eigenvalue weighted by Gasteiger charge is 2.21. The monoisotopic (exact) mass is 536 g/mol. The summed E-state index contributed by atoms with van der Waals surface area (Å²) >= 11 is 4.55. The van der Waals surface area contributed by atoms with E-state index < -0.39 is 0 Å². The van der Waals surface area contributed by atoms with Crippen LogP contribution in [0.3, 0.4) is 0 Å². The molecule has 33 heavy (non-hydrogen) atoms. The van der Waals surface area contributed by atoms with Gasteiger partial charge in [0, 0.05) is 11.0 Å². The first kappa shape index (κ1) is 25.0. The zero-order valence-electron chi connectivity index (χ0n) is 18.8. The van der Waals surface area contributed by atoms with Crippen LogP contribution in [0.5, 0.6) is 11.5 Å². The lowest BCUT2D eigenvalue weighted by Gasteiger charge is -2.18. The summed E-state index contributed by atoms with van der Waals surface area (Å²) in [6, 6.07) is 11.5. The van der Waals surface area contributed by atoms with Gasteiger partial charge in [0.25, 0.3) is 0 Å². The van der Waals surface area contributed by atoms with Gasteiger partial charge in [-0.05, 0) is 71.2 Å². The molecule has 176 valence electrons. The van der Waals surface area contributed by atoms with Gasteiger partial charge in [-0.25, -0.2) is 4.39 Å². The van der Waals surface area contributed by atoms with Crippen molar-refractivity contribution in [3.05, 3.63) is 58.6 Å². The smallest absolute Gasteiger partial charge is 0.234 e. The molecule has 0 radical (unpaired) electrons. The van der Waals surface area contributed by atoms with Gasteiger partial charge in [0.15, 0.2) is 17.1 Å². The minimum Gasteiger partial charge on any atom is -0.497 e. The zero-order valence-corrected chi connectivity index (χ0v) is 21.2. The number of hydrogen-bond acceptors (Lipinski definition) is 6. The maximum atomic E-state index is 13.3. The molecule has 0 saturated heterocycles. The van der Waals surface area contributed by atoms with Crippen LogP contribution in [0.4, 0.5) is 10.1 Å². The van der Waals surface area contributed by atoms with E-state index in [1.165, 1.54) is 30.0 Å². The molecule has 1 amide bonds. The predicted molar refractivity (Wildman–Crippen MR) is 130 cm³/mol. The van der Waals surface area contributed by atoms with Crippen molar-refractivity contribution in [2.45, 2.75) is 38.6 Å². The molecule has 3 rings (SSSR count). The maximum absolute atomic E-state index is 13.3. The molecule has 1 aromatic heterocycles. The number of aromatic nitrogens is 3. The number of carbonyl (C=O) groups excluding carboxylic acids is 1. The van der Waals surface area contributed by atoms with Crippen molar-refractivity contribution in [1.82, 2.24) is 14.8 Å². The Morgan fingerprint density at radius 2 is 1.85 bits per heavy atom. The predicted octanol–water partition coefficient (Wildman–Crippen LogP) is 5.72. The summed E-state index contributed by atoms with van der Waals surface area (Å²) in [4.78, 5) is 12.5. The lowest BCUT2D eigenvalue weighted by Crippen LogP contribution is -2.17. The number of amides is 1. The Hall–Kier alpha value is -2.59. The lowest BCUT2D eigenvalue weighted by molar-refractivity contribution is -0.113. The van der Waals surface area contributed by atoms with Gasteiger partial charge in [-0.1, -0.05) is 25.6 Å².